The maximum atomic E-state index is 14.5. The Morgan fingerprint density at radius 2 is 1.64 bits per heavy atom. The van der Waals surface area contributed by atoms with Gasteiger partial charge in [-0.1, -0.05) is 11.6 Å². The number of allylic oxidation sites excluding steroid dienone is 1. The van der Waals surface area contributed by atoms with Crippen molar-refractivity contribution in [3.63, 3.8) is 0 Å². The molecule has 130 valence electrons. The monoisotopic (exact) mass is 366 g/mol. The van der Waals surface area contributed by atoms with Gasteiger partial charge in [0.15, 0.2) is 11.6 Å². The molecule has 0 bridgehead atoms. The van der Waals surface area contributed by atoms with Crippen LogP contribution >= 0.6 is 11.6 Å². The van der Waals surface area contributed by atoms with E-state index in [1.807, 2.05) is 0 Å². The van der Waals surface area contributed by atoms with Gasteiger partial charge in [-0.25, -0.2) is 24.0 Å². The highest BCUT2D eigenvalue weighted by atomic mass is 35.5. The van der Waals surface area contributed by atoms with Crippen molar-refractivity contribution in [3.8, 4) is 0 Å². The summed E-state index contributed by atoms with van der Waals surface area (Å²) < 4.78 is 41.7. The molecule has 1 atom stereocenters. The predicted octanol–water partition coefficient (Wildman–Crippen LogP) is 4.93. The fraction of sp³-hybridized carbons (Fsp3) is 0.167. The third-order valence-corrected chi connectivity index (χ3v) is 4.57. The van der Waals surface area contributed by atoms with E-state index < -0.39 is 22.0 Å². The Balaban J connectivity index is 2.14. The van der Waals surface area contributed by atoms with E-state index in [-0.39, 0.29) is 16.5 Å². The first-order chi connectivity index (χ1) is 11.6. The average molecular weight is 367 g/mol. The summed E-state index contributed by atoms with van der Waals surface area (Å²) in [5, 5.41) is 8.65. The lowest BCUT2D eigenvalue weighted by Gasteiger charge is -2.28. The van der Waals surface area contributed by atoms with Gasteiger partial charge in [-0.05, 0) is 49.7 Å². The summed E-state index contributed by atoms with van der Waals surface area (Å²) in [4.78, 5) is 0. The minimum absolute atomic E-state index is 0.0901. The van der Waals surface area contributed by atoms with Crippen molar-refractivity contribution in [2.24, 2.45) is 0 Å². The second kappa shape index (κ2) is 5.89. The van der Waals surface area contributed by atoms with Crippen LogP contribution in [0.2, 0.25) is 5.02 Å². The van der Waals surface area contributed by atoms with Crippen LogP contribution in [0, 0.1) is 29.8 Å². The number of halogens is 4. The Kier molecular flexibility index (Phi) is 4.13. The van der Waals surface area contributed by atoms with E-state index in [1.165, 1.54) is 31.3 Å². The lowest BCUT2D eigenvalue weighted by molar-refractivity contribution is 0.385. The van der Waals surface area contributed by atoms with Gasteiger partial charge in [-0.2, -0.15) is 0 Å². The van der Waals surface area contributed by atoms with E-state index in [1.54, 1.807) is 13.8 Å². The van der Waals surface area contributed by atoms with Gasteiger partial charge in [0, 0.05) is 5.56 Å². The number of aryl methyl sites for hydroxylation is 1. The number of quaternary nitrogens is 1. The third-order valence-electron chi connectivity index (χ3n) is 4.26. The molecule has 0 spiro atoms. The van der Waals surface area contributed by atoms with E-state index in [2.05, 4.69) is 5.43 Å². The first kappa shape index (κ1) is 17.5. The number of benzene rings is 2. The molecule has 0 aromatic heterocycles. The molecule has 2 aromatic rings. The highest BCUT2D eigenvalue weighted by Gasteiger charge is 2.46. The molecule has 1 heterocycles. The standard InChI is InChI=1S/C18H16ClF3N3/c1-9-6-14(21)17(15(22)7-9)25(3)18(23)16(10(2)24-25)12-5-4-11(20)8-13(12)19/h4-8,23-24H,1-3H3/q+1. The van der Waals surface area contributed by atoms with Gasteiger partial charge in [0.1, 0.15) is 12.9 Å². The van der Waals surface area contributed by atoms with Gasteiger partial charge in [-0.15, -0.1) is 4.59 Å². The zero-order valence-corrected chi connectivity index (χ0v) is 14.6. The van der Waals surface area contributed by atoms with Crippen LogP contribution in [0.4, 0.5) is 18.9 Å². The highest BCUT2D eigenvalue weighted by Crippen LogP contribution is 2.38. The van der Waals surface area contributed by atoms with Crippen molar-refractivity contribution < 1.29 is 13.2 Å². The number of amidine groups is 1. The zero-order valence-electron chi connectivity index (χ0n) is 13.8. The number of hydrogen-bond donors (Lipinski definition) is 2. The fourth-order valence-corrected chi connectivity index (χ4v) is 3.42. The molecule has 25 heavy (non-hydrogen) atoms. The molecule has 1 aliphatic rings. The molecule has 0 aliphatic carbocycles. The van der Waals surface area contributed by atoms with Crippen molar-refractivity contribution in [2.75, 3.05) is 7.05 Å². The van der Waals surface area contributed by atoms with Crippen LogP contribution in [-0.4, -0.2) is 12.9 Å². The molecule has 3 rings (SSSR count). The van der Waals surface area contributed by atoms with Gasteiger partial charge in [0.25, 0.3) is 5.84 Å². The topological polar surface area (TPSA) is 35.9 Å². The highest BCUT2D eigenvalue weighted by molar-refractivity contribution is 6.36. The largest absolute Gasteiger partial charge is 0.260 e. The first-order valence-corrected chi connectivity index (χ1v) is 7.89. The van der Waals surface area contributed by atoms with Crippen molar-refractivity contribution in [1.82, 2.24) is 10.0 Å². The zero-order chi connectivity index (χ0) is 18.5. The van der Waals surface area contributed by atoms with Crippen molar-refractivity contribution >= 4 is 28.7 Å². The second-order valence-corrected chi connectivity index (χ2v) is 6.58. The predicted molar refractivity (Wildman–Crippen MR) is 93.7 cm³/mol. The van der Waals surface area contributed by atoms with E-state index in [0.717, 1.165) is 6.07 Å². The summed E-state index contributed by atoms with van der Waals surface area (Å²) in [7, 11) is 1.48. The van der Waals surface area contributed by atoms with Crippen LogP contribution in [0.25, 0.3) is 5.57 Å². The van der Waals surface area contributed by atoms with Crippen LogP contribution in [0.5, 0.6) is 0 Å². The molecule has 2 aromatic carbocycles. The van der Waals surface area contributed by atoms with Crippen LogP contribution in [0.1, 0.15) is 18.1 Å². The first-order valence-electron chi connectivity index (χ1n) is 7.52. The van der Waals surface area contributed by atoms with E-state index >= 15 is 0 Å². The molecular formula is C18H16ClF3N3+. The quantitative estimate of drug-likeness (QED) is 0.726. The molecule has 1 unspecified atom stereocenters. The van der Waals surface area contributed by atoms with Crippen LogP contribution < -0.4 is 10.0 Å². The summed E-state index contributed by atoms with van der Waals surface area (Å²) in [5.41, 5.74) is 4.43. The maximum Gasteiger partial charge on any atom is 0.260 e. The Hall–Kier alpha value is -2.31. The molecule has 1 aliphatic heterocycles. The number of nitrogens with one attached hydrogen (secondary N) is 2. The number of hydrogen-bond acceptors (Lipinski definition) is 2. The van der Waals surface area contributed by atoms with Crippen molar-refractivity contribution in [2.45, 2.75) is 13.8 Å². The molecule has 3 nitrogen and oxygen atoms in total. The van der Waals surface area contributed by atoms with Gasteiger partial charge >= 0.3 is 0 Å². The lowest BCUT2D eigenvalue weighted by atomic mass is 10.0. The van der Waals surface area contributed by atoms with Gasteiger partial charge in [0.05, 0.1) is 16.3 Å². The minimum Gasteiger partial charge on any atom is -0.248 e. The SMILES string of the molecule is CC1=C(c2ccc(F)cc2Cl)C(=N)[N+](C)(c2c(F)cc(C)cc2F)N1. The number of likely N-dealkylation sites (N-methyl/N-ethyl adjacent to an activating group) is 1. The Labute approximate surface area is 148 Å². The summed E-state index contributed by atoms with van der Waals surface area (Å²) in [6.07, 6.45) is 0. The van der Waals surface area contributed by atoms with Gasteiger partial charge in [0.2, 0.25) is 5.69 Å². The fourth-order valence-electron chi connectivity index (χ4n) is 3.16. The molecule has 0 amide bonds. The van der Waals surface area contributed by atoms with Crippen LogP contribution in [0.15, 0.2) is 36.0 Å². The number of rotatable bonds is 2. The summed E-state index contributed by atoms with van der Waals surface area (Å²) in [6.45, 7) is 3.27. The molecular weight excluding hydrogens is 351 g/mol. The van der Waals surface area contributed by atoms with Crippen LogP contribution in [-0.2, 0) is 0 Å². The summed E-state index contributed by atoms with van der Waals surface area (Å²) in [6, 6.07) is 6.25. The Morgan fingerprint density at radius 1 is 1.04 bits per heavy atom. The Morgan fingerprint density at radius 3 is 2.20 bits per heavy atom. The normalized spacial score (nSPS) is 20.2. The van der Waals surface area contributed by atoms with Crippen LogP contribution in [0.3, 0.4) is 0 Å². The van der Waals surface area contributed by atoms with Crippen molar-refractivity contribution in [1.29, 1.82) is 5.41 Å². The van der Waals surface area contributed by atoms with E-state index in [0.29, 0.717) is 22.4 Å². The smallest absolute Gasteiger partial charge is 0.248 e. The molecule has 0 saturated heterocycles. The minimum atomic E-state index is -0.753. The molecule has 0 fully saturated rings. The Bertz CT molecular complexity index is 916. The second-order valence-electron chi connectivity index (χ2n) is 6.17. The average Bonchev–Trinajstić information content (AvgIpc) is 2.69. The molecule has 2 N–H and O–H groups in total. The maximum absolute atomic E-state index is 14.5. The number of nitrogens with zero attached hydrogens (tertiary/aromatic N) is 1. The van der Waals surface area contributed by atoms with Gasteiger partial charge < -0.3 is 0 Å². The summed E-state index contributed by atoms with van der Waals surface area (Å²) in [5.74, 6) is -2.10. The molecule has 0 saturated carbocycles. The lowest BCUT2D eigenvalue weighted by Crippen LogP contribution is -2.56. The summed E-state index contributed by atoms with van der Waals surface area (Å²) >= 11 is 6.11. The third kappa shape index (κ3) is 2.71. The van der Waals surface area contributed by atoms with E-state index in [4.69, 9.17) is 17.0 Å². The molecule has 7 heteroatoms. The van der Waals surface area contributed by atoms with E-state index in [9.17, 15) is 13.2 Å². The van der Waals surface area contributed by atoms with Crippen molar-refractivity contribution in [3.05, 3.63) is 69.6 Å². The molecule has 0 radical (unpaired) electrons. The van der Waals surface area contributed by atoms with Gasteiger partial charge in [-0.3, -0.25) is 0 Å².